The number of para-hydroxylation sites is 1. The van der Waals surface area contributed by atoms with Crippen LogP contribution in [0.1, 0.15) is 18.5 Å². The molecule has 1 atom stereocenters. The van der Waals surface area contributed by atoms with Crippen molar-refractivity contribution in [3.63, 3.8) is 0 Å². The zero-order valence-corrected chi connectivity index (χ0v) is 10.5. The summed E-state index contributed by atoms with van der Waals surface area (Å²) in [7, 11) is 1.36. The maximum atomic E-state index is 12.0. The lowest BCUT2D eigenvalue weighted by Gasteiger charge is -2.26. The number of halogens is 3. The summed E-state index contributed by atoms with van der Waals surface area (Å²) in [6, 6.07) is 4.95. The van der Waals surface area contributed by atoms with Crippen LogP contribution >= 0.6 is 0 Å². The number of urea groups is 1. The molecule has 0 aliphatic carbocycles. The Morgan fingerprint density at radius 3 is 2.53 bits per heavy atom. The van der Waals surface area contributed by atoms with Crippen molar-refractivity contribution in [1.29, 1.82) is 0 Å². The molecule has 1 aromatic rings. The smallest absolute Gasteiger partial charge is 0.405 e. The van der Waals surface area contributed by atoms with E-state index in [1.807, 2.05) is 0 Å². The van der Waals surface area contributed by atoms with Crippen LogP contribution in [0.4, 0.5) is 18.0 Å². The van der Waals surface area contributed by atoms with E-state index in [1.54, 1.807) is 30.4 Å². The van der Waals surface area contributed by atoms with Crippen molar-refractivity contribution >= 4 is 6.03 Å². The van der Waals surface area contributed by atoms with Gasteiger partial charge in [-0.25, -0.2) is 4.79 Å². The second-order valence-corrected chi connectivity index (χ2v) is 4.12. The number of hydrogen-bond donors (Lipinski definition) is 2. The Hall–Kier alpha value is -1.92. The lowest BCUT2D eigenvalue weighted by atomic mass is 10.1. The summed E-state index contributed by atoms with van der Waals surface area (Å²) in [5, 5.41) is 11.4. The number of nitrogens with zero attached hydrogens (tertiary/aromatic N) is 1. The summed E-state index contributed by atoms with van der Waals surface area (Å²) in [6.07, 6.45) is -4.45. The first kappa shape index (κ1) is 15.1. The SMILES string of the molecule is CC(c1ccccc1O)N(C)C(=O)NCC(F)(F)F. The molecule has 0 bridgehead atoms. The van der Waals surface area contributed by atoms with E-state index in [-0.39, 0.29) is 5.75 Å². The van der Waals surface area contributed by atoms with Gasteiger partial charge in [0.1, 0.15) is 12.3 Å². The topological polar surface area (TPSA) is 52.6 Å². The van der Waals surface area contributed by atoms with Crippen LogP contribution in [0.25, 0.3) is 0 Å². The van der Waals surface area contributed by atoms with Crippen LogP contribution in [-0.4, -0.2) is 35.8 Å². The van der Waals surface area contributed by atoms with Gasteiger partial charge in [-0.15, -0.1) is 0 Å². The van der Waals surface area contributed by atoms with E-state index in [2.05, 4.69) is 0 Å². The first-order chi connectivity index (χ1) is 8.72. The predicted octanol–water partition coefficient (Wildman–Crippen LogP) is 2.66. The van der Waals surface area contributed by atoms with Crippen LogP contribution < -0.4 is 5.32 Å². The second kappa shape index (κ2) is 5.81. The molecule has 2 N–H and O–H groups in total. The van der Waals surface area contributed by atoms with Crippen molar-refractivity contribution in [2.45, 2.75) is 19.1 Å². The maximum Gasteiger partial charge on any atom is 0.405 e. The fourth-order valence-corrected chi connectivity index (χ4v) is 1.53. The monoisotopic (exact) mass is 276 g/mol. The summed E-state index contributed by atoms with van der Waals surface area (Å²) < 4.78 is 36.0. The van der Waals surface area contributed by atoms with Gasteiger partial charge >= 0.3 is 12.2 Å². The third-order valence-electron chi connectivity index (χ3n) is 2.73. The summed E-state index contributed by atoms with van der Waals surface area (Å²) in [6.45, 7) is 0.228. The van der Waals surface area contributed by atoms with Gasteiger partial charge in [0, 0.05) is 12.6 Å². The van der Waals surface area contributed by atoms with Gasteiger partial charge in [0.05, 0.1) is 6.04 Å². The number of benzene rings is 1. The molecule has 0 aliphatic rings. The lowest BCUT2D eigenvalue weighted by molar-refractivity contribution is -0.123. The van der Waals surface area contributed by atoms with E-state index in [1.165, 1.54) is 13.1 Å². The van der Waals surface area contributed by atoms with Crippen molar-refractivity contribution < 1.29 is 23.1 Å². The zero-order valence-electron chi connectivity index (χ0n) is 10.5. The molecular weight excluding hydrogens is 261 g/mol. The van der Waals surface area contributed by atoms with Crippen molar-refractivity contribution in [1.82, 2.24) is 10.2 Å². The number of rotatable bonds is 3. The highest BCUT2D eigenvalue weighted by Gasteiger charge is 2.29. The van der Waals surface area contributed by atoms with Gasteiger partial charge in [-0.05, 0) is 13.0 Å². The normalized spacial score (nSPS) is 12.9. The molecule has 0 radical (unpaired) electrons. The standard InChI is InChI=1S/C12H15F3N2O2/c1-8(9-5-3-4-6-10(9)18)17(2)11(19)16-7-12(13,14)15/h3-6,8,18H,7H2,1-2H3,(H,16,19). The molecule has 1 unspecified atom stereocenters. The number of nitrogens with one attached hydrogen (secondary N) is 1. The molecule has 0 aliphatic heterocycles. The number of carbonyl (C=O) groups is 1. The minimum Gasteiger partial charge on any atom is -0.508 e. The molecule has 106 valence electrons. The minimum absolute atomic E-state index is 0.00882. The molecule has 1 aromatic carbocycles. The average Bonchev–Trinajstić information content (AvgIpc) is 2.34. The first-order valence-corrected chi connectivity index (χ1v) is 5.57. The number of hydrogen-bond acceptors (Lipinski definition) is 2. The molecule has 2 amide bonds. The van der Waals surface area contributed by atoms with Gasteiger partial charge in [0.25, 0.3) is 0 Å². The number of phenolic OH excluding ortho intramolecular Hbond substituents is 1. The van der Waals surface area contributed by atoms with E-state index in [4.69, 9.17) is 0 Å². The third kappa shape index (κ3) is 4.35. The first-order valence-electron chi connectivity index (χ1n) is 5.57. The Morgan fingerprint density at radius 1 is 1.42 bits per heavy atom. The van der Waals surface area contributed by atoms with Crippen LogP contribution in [0.3, 0.4) is 0 Å². The zero-order chi connectivity index (χ0) is 14.6. The Kier molecular flexibility index (Phi) is 4.63. The van der Waals surface area contributed by atoms with Crippen molar-refractivity contribution in [2.75, 3.05) is 13.6 Å². The Bertz CT molecular complexity index is 449. The van der Waals surface area contributed by atoms with Crippen LogP contribution in [-0.2, 0) is 0 Å². The van der Waals surface area contributed by atoms with Gasteiger partial charge < -0.3 is 15.3 Å². The molecule has 0 fully saturated rings. The van der Waals surface area contributed by atoms with Crippen molar-refractivity contribution in [2.24, 2.45) is 0 Å². The maximum absolute atomic E-state index is 12.0. The summed E-state index contributed by atoms with van der Waals surface area (Å²) in [5.74, 6) is -0.00882. The van der Waals surface area contributed by atoms with Crippen LogP contribution in [0.5, 0.6) is 5.75 Å². The van der Waals surface area contributed by atoms with Gasteiger partial charge in [-0.3, -0.25) is 0 Å². The third-order valence-corrected chi connectivity index (χ3v) is 2.73. The highest BCUT2D eigenvalue weighted by atomic mass is 19.4. The van der Waals surface area contributed by atoms with Gasteiger partial charge in [0.15, 0.2) is 0 Å². The molecule has 19 heavy (non-hydrogen) atoms. The van der Waals surface area contributed by atoms with Crippen LogP contribution in [0.15, 0.2) is 24.3 Å². The molecule has 0 heterocycles. The van der Waals surface area contributed by atoms with Gasteiger partial charge in [0.2, 0.25) is 0 Å². The molecule has 1 rings (SSSR count). The predicted molar refractivity (Wildman–Crippen MR) is 63.7 cm³/mol. The largest absolute Gasteiger partial charge is 0.508 e. The molecule has 0 saturated heterocycles. The quantitative estimate of drug-likeness (QED) is 0.891. The average molecular weight is 276 g/mol. The number of carbonyl (C=O) groups excluding carboxylic acids is 1. The molecule has 7 heteroatoms. The second-order valence-electron chi connectivity index (χ2n) is 4.12. The fourth-order valence-electron chi connectivity index (χ4n) is 1.53. The molecule has 0 aromatic heterocycles. The summed E-state index contributed by atoms with van der Waals surface area (Å²) in [5.41, 5.74) is 0.465. The highest BCUT2D eigenvalue weighted by molar-refractivity contribution is 5.74. The van der Waals surface area contributed by atoms with Gasteiger partial charge in [-0.2, -0.15) is 13.2 Å². The fraction of sp³-hybridized carbons (Fsp3) is 0.417. The minimum atomic E-state index is -4.45. The Balaban J connectivity index is 2.69. The molecule has 0 spiro atoms. The van der Waals surface area contributed by atoms with E-state index < -0.39 is 24.8 Å². The Morgan fingerprint density at radius 2 is 2.00 bits per heavy atom. The van der Waals surface area contributed by atoms with E-state index in [9.17, 15) is 23.1 Å². The number of aromatic hydroxyl groups is 1. The molecule has 0 saturated carbocycles. The number of amides is 2. The lowest BCUT2D eigenvalue weighted by Crippen LogP contribution is -2.42. The summed E-state index contributed by atoms with van der Waals surface area (Å²) >= 11 is 0. The molecule has 4 nitrogen and oxygen atoms in total. The molecular formula is C12H15F3N2O2. The van der Waals surface area contributed by atoms with Crippen molar-refractivity contribution in [3.8, 4) is 5.75 Å². The van der Waals surface area contributed by atoms with Crippen LogP contribution in [0, 0.1) is 0 Å². The summed E-state index contributed by atoms with van der Waals surface area (Å²) in [4.78, 5) is 12.6. The number of phenols is 1. The van der Waals surface area contributed by atoms with Crippen molar-refractivity contribution in [3.05, 3.63) is 29.8 Å². The van der Waals surface area contributed by atoms with E-state index in [0.717, 1.165) is 4.90 Å². The number of alkyl halides is 3. The van der Waals surface area contributed by atoms with Gasteiger partial charge in [-0.1, -0.05) is 18.2 Å². The van der Waals surface area contributed by atoms with E-state index >= 15 is 0 Å². The van der Waals surface area contributed by atoms with E-state index in [0.29, 0.717) is 5.56 Å². The Labute approximate surface area is 108 Å². The van der Waals surface area contributed by atoms with Crippen LogP contribution in [0.2, 0.25) is 0 Å². The highest BCUT2D eigenvalue weighted by Crippen LogP contribution is 2.27.